The molecule has 4 rings (SSSR count). The smallest absolute Gasteiger partial charge is 0.249 e. The first-order chi connectivity index (χ1) is 11.7. The molecule has 6 nitrogen and oxygen atoms in total. The molecule has 6 heteroatoms. The van der Waals surface area contributed by atoms with Crippen molar-refractivity contribution in [2.75, 3.05) is 13.2 Å². The van der Waals surface area contributed by atoms with Crippen LogP contribution in [0.25, 0.3) is 0 Å². The molecular formula is C18H27N3O3. The number of carbonyl (C=O) groups excluding carboxylic acids is 1. The summed E-state index contributed by atoms with van der Waals surface area (Å²) in [4.78, 5) is 19.1. The van der Waals surface area contributed by atoms with Crippen LogP contribution in [0.5, 0.6) is 0 Å². The molecule has 2 aliphatic carbocycles. The molecule has 1 aromatic rings. The molecule has 2 saturated carbocycles. The zero-order chi connectivity index (χ0) is 16.5. The van der Waals surface area contributed by atoms with Crippen molar-refractivity contribution in [2.24, 2.45) is 5.92 Å². The molecule has 1 amide bonds. The molecule has 0 unspecified atom stereocenters. The summed E-state index contributed by atoms with van der Waals surface area (Å²) in [5, 5.41) is 4.13. The van der Waals surface area contributed by atoms with Crippen LogP contribution < -0.4 is 0 Å². The molecule has 0 spiro atoms. The third-order valence-corrected chi connectivity index (χ3v) is 5.71. The average Bonchev–Trinajstić information content (AvgIpc) is 3.12. The van der Waals surface area contributed by atoms with Crippen LogP contribution in [0, 0.1) is 5.92 Å². The molecule has 1 aliphatic heterocycles. The number of aromatic nitrogens is 2. The van der Waals surface area contributed by atoms with Crippen LogP contribution in [-0.4, -0.2) is 40.2 Å². The van der Waals surface area contributed by atoms with E-state index in [0.29, 0.717) is 17.7 Å². The van der Waals surface area contributed by atoms with Gasteiger partial charge in [0.05, 0.1) is 12.1 Å². The zero-order valence-corrected chi connectivity index (χ0v) is 14.4. The lowest BCUT2D eigenvalue weighted by atomic mass is 9.88. The van der Waals surface area contributed by atoms with Gasteiger partial charge in [-0.15, -0.1) is 0 Å². The van der Waals surface area contributed by atoms with Gasteiger partial charge in [0.15, 0.2) is 5.82 Å². The highest BCUT2D eigenvalue weighted by molar-refractivity contribution is 5.78. The second-order valence-corrected chi connectivity index (χ2v) is 7.62. The normalized spacial score (nSPS) is 30.7. The predicted octanol–water partition coefficient (Wildman–Crippen LogP) is 3.21. The second kappa shape index (κ2) is 6.82. The van der Waals surface area contributed by atoms with E-state index in [1.807, 2.05) is 4.90 Å². The van der Waals surface area contributed by atoms with Crippen molar-refractivity contribution in [3.05, 3.63) is 11.7 Å². The molecule has 0 N–H and O–H groups in total. The van der Waals surface area contributed by atoms with Gasteiger partial charge >= 0.3 is 0 Å². The number of rotatable bonds is 5. The number of carbonyl (C=O) groups is 1. The van der Waals surface area contributed by atoms with Crippen molar-refractivity contribution in [1.29, 1.82) is 0 Å². The van der Waals surface area contributed by atoms with Crippen LogP contribution in [0.4, 0.5) is 0 Å². The minimum absolute atomic E-state index is 0.0406. The summed E-state index contributed by atoms with van der Waals surface area (Å²) in [6.07, 6.45) is 9.19. The quantitative estimate of drug-likeness (QED) is 0.827. The Morgan fingerprint density at radius 3 is 2.83 bits per heavy atom. The minimum atomic E-state index is -0.0406. The fourth-order valence-corrected chi connectivity index (χ4v) is 4.00. The molecule has 0 radical (unpaired) electrons. The maximum absolute atomic E-state index is 12.6. The van der Waals surface area contributed by atoms with E-state index in [1.165, 1.54) is 19.3 Å². The molecule has 1 saturated heterocycles. The highest BCUT2D eigenvalue weighted by atomic mass is 16.5. The van der Waals surface area contributed by atoms with E-state index in [1.54, 1.807) is 0 Å². The van der Waals surface area contributed by atoms with Crippen LogP contribution in [0.2, 0.25) is 0 Å². The second-order valence-electron chi connectivity index (χ2n) is 7.62. The molecule has 3 fully saturated rings. The number of nitrogens with zero attached hydrogens (tertiary/aromatic N) is 3. The van der Waals surface area contributed by atoms with Crippen molar-refractivity contribution >= 4 is 5.91 Å². The molecule has 3 aliphatic rings. The molecule has 2 heterocycles. The summed E-state index contributed by atoms with van der Waals surface area (Å²) in [6.45, 7) is 3.17. The van der Waals surface area contributed by atoms with Crippen LogP contribution in [0.15, 0.2) is 4.52 Å². The topological polar surface area (TPSA) is 68.5 Å². The van der Waals surface area contributed by atoms with Gasteiger partial charge in [-0.1, -0.05) is 24.9 Å². The van der Waals surface area contributed by atoms with Gasteiger partial charge in [0.25, 0.3) is 0 Å². The Kier molecular flexibility index (Phi) is 4.57. The highest BCUT2D eigenvalue weighted by Crippen LogP contribution is 2.40. The average molecular weight is 333 g/mol. The van der Waals surface area contributed by atoms with Gasteiger partial charge in [0, 0.05) is 12.5 Å². The molecule has 0 aromatic carbocycles. The maximum atomic E-state index is 12.6. The van der Waals surface area contributed by atoms with E-state index in [-0.39, 0.29) is 24.7 Å². The fraction of sp³-hybridized carbons (Fsp3) is 0.833. The SMILES string of the molecule is C[C@@H]1CCCC[C@H]1OCC(=O)N1CCC[C@@H]1c1noc(C2CC2)n1. The standard InChI is InChI=1S/C18H27N3O3/c1-12-5-2-3-7-15(12)23-11-16(22)21-10-4-6-14(21)17-19-18(24-20-17)13-8-9-13/h12-15H,2-11H2,1H3/t12-,14-,15-/m1/s1. The summed E-state index contributed by atoms with van der Waals surface area (Å²) in [6, 6.07) is -0.0406. The lowest BCUT2D eigenvalue weighted by Gasteiger charge is -2.30. The van der Waals surface area contributed by atoms with Gasteiger partial charge < -0.3 is 14.2 Å². The monoisotopic (exact) mass is 333 g/mol. The number of ether oxygens (including phenoxy) is 1. The number of hydrogen-bond donors (Lipinski definition) is 0. The summed E-state index contributed by atoms with van der Waals surface area (Å²) < 4.78 is 11.3. The largest absolute Gasteiger partial charge is 0.368 e. The molecular weight excluding hydrogens is 306 g/mol. The Bertz CT molecular complexity index is 584. The van der Waals surface area contributed by atoms with E-state index >= 15 is 0 Å². The van der Waals surface area contributed by atoms with Gasteiger partial charge in [-0.05, 0) is 44.4 Å². The van der Waals surface area contributed by atoms with Gasteiger partial charge in [-0.2, -0.15) is 4.98 Å². The van der Waals surface area contributed by atoms with Crippen LogP contribution in [0.1, 0.15) is 82.0 Å². The Morgan fingerprint density at radius 1 is 1.21 bits per heavy atom. The van der Waals surface area contributed by atoms with Crippen LogP contribution in [-0.2, 0) is 9.53 Å². The summed E-state index contributed by atoms with van der Waals surface area (Å²) in [5.74, 6) is 2.49. The van der Waals surface area contributed by atoms with Gasteiger partial charge in [-0.3, -0.25) is 4.79 Å². The number of amides is 1. The third-order valence-electron chi connectivity index (χ3n) is 5.71. The molecule has 1 aromatic heterocycles. The van der Waals surface area contributed by atoms with E-state index in [0.717, 1.165) is 44.5 Å². The molecule has 132 valence electrons. The lowest BCUT2D eigenvalue weighted by Crippen LogP contribution is -2.36. The molecule has 0 bridgehead atoms. The van der Waals surface area contributed by atoms with E-state index in [2.05, 4.69) is 17.1 Å². The van der Waals surface area contributed by atoms with Gasteiger partial charge in [0.1, 0.15) is 6.61 Å². The first-order valence-corrected chi connectivity index (χ1v) is 9.47. The van der Waals surface area contributed by atoms with Crippen molar-refractivity contribution in [3.8, 4) is 0 Å². The van der Waals surface area contributed by atoms with Crippen molar-refractivity contribution in [2.45, 2.75) is 76.4 Å². The maximum Gasteiger partial charge on any atom is 0.249 e. The number of hydrogen-bond acceptors (Lipinski definition) is 5. The molecule has 24 heavy (non-hydrogen) atoms. The Morgan fingerprint density at radius 2 is 2.04 bits per heavy atom. The van der Waals surface area contributed by atoms with Crippen molar-refractivity contribution in [3.63, 3.8) is 0 Å². The highest BCUT2D eigenvalue weighted by Gasteiger charge is 2.36. The lowest BCUT2D eigenvalue weighted by molar-refractivity contribution is -0.141. The summed E-state index contributed by atoms with van der Waals surface area (Å²) >= 11 is 0. The first kappa shape index (κ1) is 16.1. The molecule has 3 atom stereocenters. The van der Waals surface area contributed by atoms with Crippen molar-refractivity contribution in [1.82, 2.24) is 15.0 Å². The van der Waals surface area contributed by atoms with E-state index < -0.39 is 0 Å². The van der Waals surface area contributed by atoms with Crippen LogP contribution >= 0.6 is 0 Å². The third kappa shape index (κ3) is 3.34. The van der Waals surface area contributed by atoms with Gasteiger partial charge in [-0.25, -0.2) is 0 Å². The summed E-state index contributed by atoms with van der Waals surface area (Å²) in [7, 11) is 0. The Hall–Kier alpha value is -1.43. The van der Waals surface area contributed by atoms with Crippen molar-refractivity contribution < 1.29 is 14.1 Å². The van der Waals surface area contributed by atoms with E-state index in [9.17, 15) is 4.79 Å². The first-order valence-electron chi connectivity index (χ1n) is 9.47. The predicted molar refractivity (Wildman–Crippen MR) is 87.3 cm³/mol. The van der Waals surface area contributed by atoms with Gasteiger partial charge in [0.2, 0.25) is 11.8 Å². The van der Waals surface area contributed by atoms with E-state index in [4.69, 9.17) is 9.26 Å². The zero-order valence-electron chi connectivity index (χ0n) is 14.4. The Labute approximate surface area is 142 Å². The summed E-state index contributed by atoms with van der Waals surface area (Å²) in [5.41, 5.74) is 0. The number of likely N-dealkylation sites (tertiary alicyclic amines) is 1. The Balaban J connectivity index is 1.35. The van der Waals surface area contributed by atoms with Crippen LogP contribution in [0.3, 0.4) is 0 Å². The minimum Gasteiger partial charge on any atom is -0.368 e. The fourth-order valence-electron chi connectivity index (χ4n) is 4.00.